The van der Waals surface area contributed by atoms with Gasteiger partial charge in [0.25, 0.3) is 5.56 Å². The minimum atomic E-state index is -0.0498. The van der Waals surface area contributed by atoms with Crippen LogP contribution in [0.4, 0.5) is 5.69 Å². The highest BCUT2D eigenvalue weighted by Gasteiger charge is 2.21. The van der Waals surface area contributed by atoms with Crippen LogP contribution in [0.25, 0.3) is 0 Å². The molecule has 0 saturated carbocycles. The molecule has 0 unspecified atom stereocenters. The van der Waals surface area contributed by atoms with Crippen LogP contribution in [0.5, 0.6) is 0 Å². The van der Waals surface area contributed by atoms with E-state index < -0.39 is 0 Å². The van der Waals surface area contributed by atoms with Gasteiger partial charge in [-0.1, -0.05) is 24.3 Å². The van der Waals surface area contributed by atoms with Gasteiger partial charge in [0.1, 0.15) is 0 Å². The van der Waals surface area contributed by atoms with E-state index in [-0.39, 0.29) is 11.5 Å². The number of fused-ring (bicyclic) bond motifs is 1. The maximum atomic E-state index is 12.3. The summed E-state index contributed by atoms with van der Waals surface area (Å²) in [5.41, 5.74) is 1.98. The standard InChI is InChI=1S/C16H17N3O2/c20-15-7-3-4-8-18(15)9-10-19-14-6-2-1-5-13(14)11-17-12-16(19)21/h1-8,17H,9-12H2. The molecule has 1 aliphatic rings. The third-order valence-corrected chi connectivity index (χ3v) is 3.64. The number of nitrogens with one attached hydrogen (secondary N) is 1. The van der Waals surface area contributed by atoms with Crippen LogP contribution < -0.4 is 15.8 Å². The van der Waals surface area contributed by atoms with Gasteiger partial charge in [0.15, 0.2) is 0 Å². The first-order valence-corrected chi connectivity index (χ1v) is 7.00. The highest BCUT2D eigenvalue weighted by Crippen LogP contribution is 2.22. The third kappa shape index (κ3) is 2.87. The number of hydrogen-bond acceptors (Lipinski definition) is 3. The minimum Gasteiger partial charge on any atom is -0.314 e. The Morgan fingerprint density at radius 1 is 0.952 bits per heavy atom. The number of rotatable bonds is 3. The summed E-state index contributed by atoms with van der Waals surface area (Å²) in [5, 5.41) is 3.13. The van der Waals surface area contributed by atoms with Crippen molar-refractivity contribution >= 4 is 11.6 Å². The van der Waals surface area contributed by atoms with E-state index in [1.165, 1.54) is 6.07 Å². The number of hydrogen-bond donors (Lipinski definition) is 1. The summed E-state index contributed by atoms with van der Waals surface area (Å²) in [6.45, 7) is 1.98. The van der Waals surface area contributed by atoms with E-state index in [0.717, 1.165) is 11.3 Å². The van der Waals surface area contributed by atoms with E-state index in [1.54, 1.807) is 21.7 Å². The number of nitrogens with zero attached hydrogens (tertiary/aromatic N) is 2. The van der Waals surface area contributed by atoms with Gasteiger partial charge in [-0.2, -0.15) is 0 Å². The zero-order chi connectivity index (χ0) is 14.7. The summed E-state index contributed by atoms with van der Waals surface area (Å²) in [6, 6.07) is 12.9. The molecule has 1 N–H and O–H groups in total. The van der Waals surface area contributed by atoms with Crippen LogP contribution in [0.2, 0.25) is 0 Å². The molecule has 0 aliphatic carbocycles. The summed E-state index contributed by atoms with van der Waals surface area (Å²) >= 11 is 0. The van der Waals surface area contributed by atoms with Crippen LogP contribution in [-0.2, 0) is 17.9 Å². The van der Waals surface area contributed by atoms with Crippen molar-refractivity contribution < 1.29 is 4.79 Å². The predicted octanol–water partition coefficient (Wildman–Crippen LogP) is 0.985. The number of carbonyl (C=O) groups excluding carboxylic acids is 1. The largest absolute Gasteiger partial charge is 0.314 e. The van der Waals surface area contributed by atoms with Gasteiger partial charge in [-0.05, 0) is 17.7 Å². The van der Waals surface area contributed by atoms with E-state index in [0.29, 0.717) is 26.2 Å². The van der Waals surface area contributed by atoms with Crippen molar-refractivity contribution in [1.29, 1.82) is 0 Å². The lowest BCUT2D eigenvalue weighted by molar-refractivity contribution is -0.117. The van der Waals surface area contributed by atoms with Crippen LogP contribution in [0.3, 0.4) is 0 Å². The molecule has 2 heterocycles. The number of anilines is 1. The maximum absolute atomic E-state index is 12.3. The Labute approximate surface area is 122 Å². The van der Waals surface area contributed by atoms with Gasteiger partial charge in [-0.3, -0.25) is 9.59 Å². The van der Waals surface area contributed by atoms with Crippen molar-refractivity contribution in [3.63, 3.8) is 0 Å². The van der Waals surface area contributed by atoms with E-state index >= 15 is 0 Å². The first-order chi connectivity index (χ1) is 10.3. The smallest absolute Gasteiger partial charge is 0.250 e. The number of para-hydroxylation sites is 1. The molecule has 0 radical (unpaired) electrons. The topological polar surface area (TPSA) is 54.3 Å². The van der Waals surface area contributed by atoms with Gasteiger partial charge in [-0.25, -0.2) is 0 Å². The monoisotopic (exact) mass is 283 g/mol. The molecule has 3 rings (SSSR count). The molecule has 5 nitrogen and oxygen atoms in total. The number of amides is 1. The fraction of sp³-hybridized carbons (Fsp3) is 0.250. The first-order valence-electron chi connectivity index (χ1n) is 7.00. The molecular formula is C16H17N3O2. The van der Waals surface area contributed by atoms with E-state index in [4.69, 9.17) is 0 Å². The van der Waals surface area contributed by atoms with Crippen molar-refractivity contribution in [2.45, 2.75) is 13.1 Å². The summed E-state index contributed by atoms with van der Waals surface area (Å²) in [5.74, 6) is 0.0314. The lowest BCUT2D eigenvalue weighted by Gasteiger charge is -2.23. The average Bonchev–Trinajstić information content (AvgIpc) is 2.65. The lowest BCUT2D eigenvalue weighted by atomic mass is 10.1. The zero-order valence-electron chi connectivity index (χ0n) is 11.7. The Kier molecular flexibility index (Phi) is 3.83. The number of pyridine rings is 1. The molecular weight excluding hydrogens is 266 g/mol. The molecule has 0 fully saturated rings. The summed E-state index contributed by atoms with van der Waals surface area (Å²) in [7, 11) is 0. The van der Waals surface area contributed by atoms with Crippen molar-refractivity contribution in [2.75, 3.05) is 18.0 Å². The van der Waals surface area contributed by atoms with Gasteiger partial charge >= 0.3 is 0 Å². The molecule has 0 saturated heterocycles. The minimum absolute atomic E-state index is 0.0314. The Hall–Kier alpha value is -2.40. The molecule has 0 spiro atoms. The third-order valence-electron chi connectivity index (χ3n) is 3.64. The molecule has 0 bridgehead atoms. The van der Waals surface area contributed by atoms with Gasteiger partial charge in [0, 0.05) is 37.6 Å². The van der Waals surface area contributed by atoms with Crippen molar-refractivity contribution in [3.8, 4) is 0 Å². The zero-order valence-corrected chi connectivity index (χ0v) is 11.7. The van der Waals surface area contributed by atoms with E-state index in [9.17, 15) is 9.59 Å². The summed E-state index contributed by atoms with van der Waals surface area (Å²) < 4.78 is 1.62. The lowest BCUT2D eigenvalue weighted by Crippen LogP contribution is -2.38. The Morgan fingerprint density at radius 2 is 1.76 bits per heavy atom. The van der Waals surface area contributed by atoms with Gasteiger partial charge < -0.3 is 14.8 Å². The first kappa shape index (κ1) is 13.6. The van der Waals surface area contributed by atoms with Crippen LogP contribution in [-0.4, -0.2) is 23.6 Å². The van der Waals surface area contributed by atoms with E-state index in [1.807, 2.05) is 30.3 Å². The number of carbonyl (C=O) groups is 1. The molecule has 1 amide bonds. The predicted molar refractivity (Wildman–Crippen MR) is 81.2 cm³/mol. The highest BCUT2D eigenvalue weighted by atomic mass is 16.2. The summed E-state index contributed by atoms with van der Waals surface area (Å²) in [4.78, 5) is 25.8. The molecule has 5 heteroatoms. The van der Waals surface area contributed by atoms with Crippen LogP contribution >= 0.6 is 0 Å². The summed E-state index contributed by atoms with van der Waals surface area (Å²) in [6.07, 6.45) is 1.74. The normalized spacial score (nSPS) is 14.7. The molecule has 21 heavy (non-hydrogen) atoms. The van der Waals surface area contributed by atoms with Gasteiger partial charge in [0.05, 0.1) is 6.54 Å². The second-order valence-electron chi connectivity index (χ2n) is 5.01. The molecule has 1 aromatic heterocycles. The highest BCUT2D eigenvalue weighted by molar-refractivity contribution is 5.96. The van der Waals surface area contributed by atoms with Crippen molar-refractivity contribution in [1.82, 2.24) is 9.88 Å². The number of benzene rings is 1. The van der Waals surface area contributed by atoms with Crippen molar-refractivity contribution in [2.24, 2.45) is 0 Å². The fourth-order valence-electron chi connectivity index (χ4n) is 2.56. The molecule has 0 atom stereocenters. The van der Waals surface area contributed by atoms with Gasteiger partial charge in [0.2, 0.25) is 5.91 Å². The fourth-order valence-corrected chi connectivity index (χ4v) is 2.56. The Bertz CT molecular complexity index is 708. The SMILES string of the molecule is O=C1CNCc2ccccc2N1CCn1ccccc1=O. The second kappa shape index (κ2) is 5.93. The average molecular weight is 283 g/mol. The van der Waals surface area contributed by atoms with Crippen LogP contribution in [0.15, 0.2) is 53.5 Å². The molecule has 1 aliphatic heterocycles. The second-order valence-corrected chi connectivity index (χ2v) is 5.01. The van der Waals surface area contributed by atoms with Gasteiger partial charge in [-0.15, -0.1) is 0 Å². The molecule has 1 aromatic carbocycles. The number of aromatic nitrogens is 1. The quantitative estimate of drug-likeness (QED) is 0.914. The Morgan fingerprint density at radius 3 is 2.62 bits per heavy atom. The molecule has 2 aromatic rings. The maximum Gasteiger partial charge on any atom is 0.250 e. The van der Waals surface area contributed by atoms with Crippen LogP contribution in [0, 0.1) is 0 Å². The Balaban J connectivity index is 1.85. The van der Waals surface area contributed by atoms with E-state index in [2.05, 4.69) is 5.32 Å². The molecule has 108 valence electrons. The van der Waals surface area contributed by atoms with Crippen molar-refractivity contribution in [3.05, 3.63) is 64.6 Å². The van der Waals surface area contributed by atoms with Crippen LogP contribution in [0.1, 0.15) is 5.56 Å².